The van der Waals surface area contributed by atoms with E-state index in [0.717, 1.165) is 24.8 Å². The molecule has 1 saturated carbocycles. The highest BCUT2D eigenvalue weighted by Crippen LogP contribution is 2.47. The van der Waals surface area contributed by atoms with Crippen molar-refractivity contribution in [3.05, 3.63) is 34.9 Å². The van der Waals surface area contributed by atoms with Crippen LogP contribution in [0, 0.1) is 12.3 Å². The second-order valence-corrected chi connectivity index (χ2v) is 5.45. The van der Waals surface area contributed by atoms with Gasteiger partial charge in [0.05, 0.1) is 0 Å². The van der Waals surface area contributed by atoms with Gasteiger partial charge in [0.15, 0.2) is 5.78 Å². The summed E-state index contributed by atoms with van der Waals surface area (Å²) in [6, 6.07) is 6.18. The zero-order chi connectivity index (χ0) is 11.2. The van der Waals surface area contributed by atoms with Crippen LogP contribution in [-0.4, -0.2) is 5.78 Å². The zero-order valence-corrected chi connectivity index (χ0v) is 9.88. The molecule has 0 aliphatic heterocycles. The highest BCUT2D eigenvalue weighted by Gasteiger charge is 2.45. The topological polar surface area (TPSA) is 17.1 Å². The summed E-state index contributed by atoms with van der Waals surface area (Å²) in [5, 5.41) is 0. The number of rotatable bonds is 0. The van der Waals surface area contributed by atoms with Gasteiger partial charge in [-0.2, -0.15) is 0 Å². The van der Waals surface area contributed by atoms with Gasteiger partial charge in [-0.05, 0) is 37.3 Å². The lowest BCUT2D eigenvalue weighted by atomic mass is 9.71. The van der Waals surface area contributed by atoms with E-state index < -0.39 is 0 Å². The fourth-order valence-electron chi connectivity index (χ4n) is 3.49. The Morgan fingerprint density at radius 3 is 2.56 bits per heavy atom. The molecule has 16 heavy (non-hydrogen) atoms. The van der Waals surface area contributed by atoms with Crippen LogP contribution in [0.2, 0.25) is 0 Å². The zero-order valence-electron chi connectivity index (χ0n) is 9.88. The summed E-state index contributed by atoms with van der Waals surface area (Å²) in [7, 11) is 0. The molecule has 0 radical (unpaired) electrons. The minimum Gasteiger partial charge on any atom is -0.294 e. The van der Waals surface area contributed by atoms with Gasteiger partial charge >= 0.3 is 0 Å². The summed E-state index contributed by atoms with van der Waals surface area (Å²) in [4.78, 5) is 12.5. The lowest BCUT2D eigenvalue weighted by Crippen LogP contribution is -2.30. The van der Waals surface area contributed by atoms with Crippen molar-refractivity contribution < 1.29 is 4.79 Å². The predicted octanol–water partition coefficient (Wildman–Crippen LogP) is 3.68. The molecular formula is C15H18O. The highest BCUT2D eigenvalue weighted by molar-refractivity contribution is 6.05. The first-order chi connectivity index (χ1) is 7.73. The van der Waals surface area contributed by atoms with Crippen molar-refractivity contribution in [2.45, 2.75) is 45.4 Å². The summed E-state index contributed by atoms with van der Waals surface area (Å²) in [5.41, 5.74) is 3.64. The first-order valence-electron chi connectivity index (χ1n) is 6.36. The molecule has 0 unspecified atom stereocenters. The Kier molecular flexibility index (Phi) is 2.17. The monoisotopic (exact) mass is 214 g/mol. The molecule has 1 nitrogen and oxygen atoms in total. The molecule has 0 N–H and O–H groups in total. The number of ketones is 1. The van der Waals surface area contributed by atoms with Crippen LogP contribution in [0.5, 0.6) is 0 Å². The van der Waals surface area contributed by atoms with E-state index in [9.17, 15) is 4.79 Å². The molecule has 0 aromatic heterocycles. The van der Waals surface area contributed by atoms with Crippen LogP contribution in [0.3, 0.4) is 0 Å². The van der Waals surface area contributed by atoms with Gasteiger partial charge in [0.25, 0.3) is 0 Å². The van der Waals surface area contributed by atoms with E-state index in [-0.39, 0.29) is 5.41 Å². The minimum atomic E-state index is -0.00725. The third-order valence-corrected chi connectivity index (χ3v) is 4.46. The normalized spacial score (nSPS) is 22.4. The summed E-state index contributed by atoms with van der Waals surface area (Å²) >= 11 is 0. The van der Waals surface area contributed by atoms with E-state index in [1.165, 1.54) is 30.4 Å². The maximum Gasteiger partial charge on any atom is 0.169 e. The molecule has 1 aromatic carbocycles. The van der Waals surface area contributed by atoms with Crippen molar-refractivity contribution in [1.82, 2.24) is 0 Å². The van der Waals surface area contributed by atoms with Crippen molar-refractivity contribution in [3.8, 4) is 0 Å². The number of carbonyl (C=O) groups excluding carboxylic acids is 1. The Morgan fingerprint density at radius 2 is 1.88 bits per heavy atom. The molecular weight excluding hydrogens is 196 g/mol. The highest BCUT2D eigenvalue weighted by atomic mass is 16.1. The SMILES string of the molecule is Cc1cccc2c1CC1(CCCCC1)C2=O. The standard InChI is InChI=1S/C15H18O/c1-11-6-5-7-12-13(11)10-15(14(12)16)8-3-2-4-9-15/h5-7H,2-4,8-10H2,1H3. The molecule has 0 amide bonds. The van der Waals surface area contributed by atoms with E-state index in [1.54, 1.807) is 0 Å². The Hall–Kier alpha value is -1.11. The van der Waals surface area contributed by atoms with E-state index in [2.05, 4.69) is 13.0 Å². The molecule has 2 aliphatic rings. The Labute approximate surface area is 96.9 Å². The second kappa shape index (κ2) is 3.44. The fraction of sp³-hybridized carbons (Fsp3) is 0.533. The van der Waals surface area contributed by atoms with Crippen LogP contribution in [0.1, 0.15) is 53.6 Å². The van der Waals surface area contributed by atoms with Gasteiger partial charge in [0.2, 0.25) is 0 Å². The van der Waals surface area contributed by atoms with Crippen molar-refractivity contribution in [2.75, 3.05) is 0 Å². The Morgan fingerprint density at radius 1 is 1.12 bits per heavy atom. The van der Waals surface area contributed by atoms with Crippen LogP contribution in [-0.2, 0) is 6.42 Å². The number of Topliss-reactive ketones (excluding diaryl/α,β-unsaturated/α-hetero) is 1. The smallest absolute Gasteiger partial charge is 0.169 e. The number of benzene rings is 1. The molecule has 1 fully saturated rings. The minimum absolute atomic E-state index is 0.00725. The maximum atomic E-state index is 12.5. The largest absolute Gasteiger partial charge is 0.294 e. The van der Waals surface area contributed by atoms with Gasteiger partial charge in [0, 0.05) is 11.0 Å². The second-order valence-electron chi connectivity index (χ2n) is 5.45. The lowest BCUT2D eigenvalue weighted by molar-refractivity contribution is 0.0748. The molecule has 3 rings (SSSR count). The van der Waals surface area contributed by atoms with Gasteiger partial charge in [-0.25, -0.2) is 0 Å². The number of fused-ring (bicyclic) bond motifs is 1. The third-order valence-electron chi connectivity index (χ3n) is 4.46. The molecule has 0 saturated heterocycles. The summed E-state index contributed by atoms with van der Waals surface area (Å²) in [6.45, 7) is 2.13. The van der Waals surface area contributed by atoms with Crippen LogP contribution < -0.4 is 0 Å². The number of carbonyl (C=O) groups is 1. The summed E-state index contributed by atoms with van der Waals surface area (Å²) < 4.78 is 0. The molecule has 84 valence electrons. The van der Waals surface area contributed by atoms with Crippen LogP contribution in [0.25, 0.3) is 0 Å². The molecule has 1 aromatic rings. The molecule has 1 spiro atoms. The number of hydrogen-bond acceptors (Lipinski definition) is 1. The van der Waals surface area contributed by atoms with Crippen molar-refractivity contribution in [2.24, 2.45) is 5.41 Å². The fourth-order valence-corrected chi connectivity index (χ4v) is 3.49. The number of aryl methyl sites for hydroxylation is 1. The first kappa shape index (κ1) is 10.1. The number of hydrogen-bond donors (Lipinski definition) is 0. The van der Waals surface area contributed by atoms with Gasteiger partial charge in [-0.1, -0.05) is 37.5 Å². The van der Waals surface area contributed by atoms with Gasteiger partial charge < -0.3 is 0 Å². The molecule has 0 atom stereocenters. The average molecular weight is 214 g/mol. The van der Waals surface area contributed by atoms with Crippen LogP contribution in [0.15, 0.2) is 18.2 Å². The van der Waals surface area contributed by atoms with Gasteiger partial charge in [-0.3, -0.25) is 4.79 Å². The third kappa shape index (κ3) is 1.27. The van der Waals surface area contributed by atoms with Crippen LogP contribution in [0.4, 0.5) is 0 Å². The summed E-state index contributed by atoms with van der Waals surface area (Å²) in [6.07, 6.45) is 7.01. The molecule has 2 aliphatic carbocycles. The van der Waals surface area contributed by atoms with E-state index in [1.807, 2.05) is 12.1 Å². The van der Waals surface area contributed by atoms with E-state index >= 15 is 0 Å². The summed E-state index contributed by atoms with van der Waals surface area (Å²) in [5.74, 6) is 0.436. The Balaban J connectivity index is 2.05. The Bertz CT molecular complexity index is 439. The average Bonchev–Trinajstić information content (AvgIpc) is 2.57. The van der Waals surface area contributed by atoms with Crippen molar-refractivity contribution in [1.29, 1.82) is 0 Å². The quantitative estimate of drug-likeness (QED) is 0.643. The molecule has 1 heteroatoms. The van der Waals surface area contributed by atoms with Gasteiger partial charge in [-0.15, -0.1) is 0 Å². The maximum absolute atomic E-state index is 12.5. The molecule has 0 bridgehead atoms. The van der Waals surface area contributed by atoms with E-state index in [4.69, 9.17) is 0 Å². The molecule has 0 heterocycles. The van der Waals surface area contributed by atoms with E-state index in [0.29, 0.717) is 5.78 Å². The predicted molar refractivity (Wildman–Crippen MR) is 64.7 cm³/mol. The van der Waals surface area contributed by atoms with Crippen molar-refractivity contribution in [3.63, 3.8) is 0 Å². The van der Waals surface area contributed by atoms with Crippen molar-refractivity contribution >= 4 is 5.78 Å². The first-order valence-corrected chi connectivity index (χ1v) is 6.36. The van der Waals surface area contributed by atoms with Gasteiger partial charge in [0.1, 0.15) is 0 Å². The lowest BCUT2D eigenvalue weighted by Gasteiger charge is -2.31. The van der Waals surface area contributed by atoms with Crippen LogP contribution >= 0.6 is 0 Å².